The lowest BCUT2D eigenvalue weighted by atomic mass is 10.1. The van der Waals surface area contributed by atoms with Crippen molar-refractivity contribution in [2.45, 2.75) is 26.2 Å². The molecule has 1 unspecified atom stereocenters. The summed E-state index contributed by atoms with van der Waals surface area (Å²) in [6, 6.07) is 8.13. The zero-order chi connectivity index (χ0) is 14.4. The van der Waals surface area contributed by atoms with Crippen LogP contribution in [0.15, 0.2) is 24.3 Å². The summed E-state index contributed by atoms with van der Waals surface area (Å²) < 4.78 is 5.63. The van der Waals surface area contributed by atoms with Crippen molar-refractivity contribution in [1.82, 2.24) is 4.90 Å². The van der Waals surface area contributed by atoms with E-state index in [0.29, 0.717) is 18.2 Å². The molecule has 110 valence electrons. The molecule has 0 aromatic heterocycles. The second-order valence-electron chi connectivity index (χ2n) is 5.31. The monoisotopic (exact) mass is 295 g/mol. The summed E-state index contributed by atoms with van der Waals surface area (Å²) in [6.45, 7) is 4.40. The lowest BCUT2D eigenvalue weighted by molar-refractivity contribution is -0.127. The Kier molecular flexibility index (Phi) is 5.72. The highest BCUT2D eigenvalue weighted by atomic mass is 35.5. The minimum atomic E-state index is 0.231. The van der Waals surface area contributed by atoms with E-state index in [4.69, 9.17) is 16.3 Å². The molecule has 0 spiro atoms. The fourth-order valence-corrected chi connectivity index (χ4v) is 2.65. The third-order valence-electron chi connectivity index (χ3n) is 3.55. The zero-order valence-electron chi connectivity index (χ0n) is 12.0. The largest absolute Gasteiger partial charge is 0.494 e. The van der Waals surface area contributed by atoms with Gasteiger partial charge in [0.25, 0.3) is 0 Å². The smallest absolute Gasteiger partial charge is 0.222 e. The van der Waals surface area contributed by atoms with E-state index in [-0.39, 0.29) is 5.91 Å². The topological polar surface area (TPSA) is 29.5 Å². The summed E-state index contributed by atoms with van der Waals surface area (Å²) in [4.78, 5) is 13.7. The van der Waals surface area contributed by atoms with Gasteiger partial charge in [-0.15, -0.1) is 11.6 Å². The normalized spacial score (nSPS) is 18.6. The molecule has 0 aliphatic carbocycles. The molecule has 3 nitrogen and oxygen atoms in total. The highest BCUT2D eigenvalue weighted by Crippen LogP contribution is 2.20. The second kappa shape index (κ2) is 7.53. The van der Waals surface area contributed by atoms with Crippen molar-refractivity contribution >= 4 is 17.5 Å². The number of carbonyl (C=O) groups excluding carboxylic acids is 1. The third-order valence-corrected chi connectivity index (χ3v) is 3.99. The molecule has 4 heteroatoms. The van der Waals surface area contributed by atoms with Crippen LogP contribution in [0.2, 0.25) is 0 Å². The first-order valence-electron chi connectivity index (χ1n) is 7.28. The Labute approximate surface area is 125 Å². The predicted molar refractivity (Wildman–Crippen MR) is 81.3 cm³/mol. The van der Waals surface area contributed by atoms with Crippen molar-refractivity contribution < 1.29 is 9.53 Å². The zero-order valence-corrected chi connectivity index (χ0v) is 12.7. The number of likely N-dealkylation sites (tertiary alicyclic amines) is 1. The van der Waals surface area contributed by atoms with E-state index in [0.717, 1.165) is 38.3 Å². The van der Waals surface area contributed by atoms with E-state index in [1.807, 2.05) is 17.0 Å². The van der Waals surface area contributed by atoms with Crippen LogP contribution in [0, 0.1) is 5.92 Å². The van der Waals surface area contributed by atoms with Crippen LogP contribution in [0.1, 0.15) is 25.3 Å². The maximum atomic E-state index is 11.8. The molecule has 1 atom stereocenters. The second-order valence-corrected chi connectivity index (χ2v) is 5.62. The fourth-order valence-electron chi connectivity index (χ4n) is 2.45. The van der Waals surface area contributed by atoms with Gasteiger partial charge in [-0.2, -0.15) is 0 Å². The van der Waals surface area contributed by atoms with Gasteiger partial charge in [0.2, 0.25) is 5.91 Å². The molecule has 2 rings (SSSR count). The molecule has 1 heterocycles. The van der Waals surface area contributed by atoms with E-state index in [9.17, 15) is 4.79 Å². The number of alkyl halides is 1. The quantitative estimate of drug-likeness (QED) is 0.724. The molecule has 1 aromatic carbocycles. The molecule has 1 aliphatic rings. The Morgan fingerprint density at radius 1 is 1.45 bits per heavy atom. The number of halogens is 1. The van der Waals surface area contributed by atoms with Crippen molar-refractivity contribution in [2.75, 3.05) is 25.6 Å². The standard InChI is InChI=1S/C16H22ClNO2/c1-2-8-20-15-5-3-4-13(9-15)6-7-18-12-14(11-17)10-16(18)19/h3-5,9,14H,2,6-8,10-12H2,1H3. The van der Waals surface area contributed by atoms with Gasteiger partial charge in [0.15, 0.2) is 0 Å². The average molecular weight is 296 g/mol. The SMILES string of the molecule is CCCOc1cccc(CCN2CC(CCl)CC2=O)c1. The van der Waals surface area contributed by atoms with Gasteiger partial charge in [-0.25, -0.2) is 0 Å². The number of carbonyl (C=O) groups is 1. The van der Waals surface area contributed by atoms with Crippen molar-refractivity contribution in [2.24, 2.45) is 5.92 Å². The van der Waals surface area contributed by atoms with Crippen LogP contribution < -0.4 is 4.74 Å². The van der Waals surface area contributed by atoms with E-state index in [1.54, 1.807) is 0 Å². The number of hydrogen-bond donors (Lipinski definition) is 0. The number of amides is 1. The van der Waals surface area contributed by atoms with Gasteiger partial charge in [0.1, 0.15) is 5.75 Å². The van der Waals surface area contributed by atoms with Gasteiger partial charge in [0, 0.05) is 25.4 Å². The minimum absolute atomic E-state index is 0.231. The molecule has 20 heavy (non-hydrogen) atoms. The Balaban J connectivity index is 1.86. The molecule has 0 saturated carbocycles. The summed E-state index contributed by atoms with van der Waals surface area (Å²) >= 11 is 5.83. The van der Waals surface area contributed by atoms with Crippen molar-refractivity contribution in [3.05, 3.63) is 29.8 Å². The number of rotatable bonds is 7. The molecule has 0 radical (unpaired) electrons. The predicted octanol–water partition coefficient (Wildman–Crippen LogP) is 3.11. The summed E-state index contributed by atoms with van der Waals surface area (Å²) in [6.07, 6.45) is 2.47. The Hall–Kier alpha value is -1.22. The van der Waals surface area contributed by atoms with E-state index in [2.05, 4.69) is 19.1 Å². The molecule has 1 aromatic rings. The van der Waals surface area contributed by atoms with Gasteiger partial charge in [-0.1, -0.05) is 19.1 Å². The van der Waals surface area contributed by atoms with Gasteiger partial charge in [-0.05, 0) is 36.5 Å². The first-order valence-corrected chi connectivity index (χ1v) is 7.82. The van der Waals surface area contributed by atoms with Crippen LogP contribution >= 0.6 is 11.6 Å². The van der Waals surface area contributed by atoms with Crippen LogP contribution in [0.3, 0.4) is 0 Å². The molecule has 1 amide bonds. The van der Waals surface area contributed by atoms with Crippen LogP contribution in [0.25, 0.3) is 0 Å². The van der Waals surface area contributed by atoms with Crippen molar-refractivity contribution in [3.63, 3.8) is 0 Å². The number of nitrogens with zero attached hydrogens (tertiary/aromatic N) is 1. The maximum absolute atomic E-state index is 11.8. The summed E-state index contributed by atoms with van der Waals surface area (Å²) in [5.41, 5.74) is 1.21. The van der Waals surface area contributed by atoms with Crippen molar-refractivity contribution in [1.29, 1.82) is 0 Å². The van der Waals surface area contributed by atoms with Gasteiger partial charge >= 0.3 is 0 Å². The molecular weight excluding hydrogens is 274 g/mol. The highest BCUT2D eigenvalue weighted by Gasteiger charge is 2.28. The first-order chi connectivity index (χ1) is 9.72. The molecule has 1 fully saturated rings. The third kappa shape index (κ3) is 4.14. The summed E-state index contributed by atoms with van der Waals surface area (Å²) in [7, 11) is 0. The lowest BCUT2D eigenvalue weighted by Crippen LogP contribution is -2.27. The average Bonchev–Trinajstić information content (AvgIpc) is 2.84. The summed E-state index contributed by atoms with van der Waals surface area (Å²) in [5, 5.41) is 0. The van der Waals surface area contributed by atoms with Crippen molar-refractivity contribution in [3.8, 4) is 5.75 Å². The fraction of sp³-hybridized carbons (Fsp3) is 0.562. The molecule has 1 saturated heterocycles. The van der Waals surface area contributed by atoms with Crippen LogP contribution in [0.5, 0.6) is 5.75 Å². The maximum Gasteiger partial charge on any atom is 0.222 e. The number of benzene rings is 1. The minimum Gasteiger partial charge on any atom is -0.494 e. The lowest BCUT2D eigenvalue weighted by Gasteiger charge is -2.16. The first kappa shape index (κ1) is 15.2. The summed E-state index contributed by atoms with van der Waals surface area (Å²) in [5.74, 6) is 2.04. The van der Waals surface area contributed by atoms with Gasteiger partial charge in [-0.3, -0.25) is 4.79 Å². The van der Waals surface area contributed by atoms with E-state index in [1.165, 1.54) is 5.56 Å². The molecule has 1 aliphatic heterocycles. The Morgan fingerprint density at radius 3 is 3.00 bits per heavy atom. The Morgan fingerprint density at radius 2 is 2.30 bits per heavy atom. The Bertz CT molecular complexity index is 450. The van der Waals surface area contributed by atoms with Crippen LogP contribution in [0.4, 0.5) is 0 Å². The van der Waals surface area contributed by atoms with Gasteiger partial charge in [0.05, 0.1) is 6.61 Å². The van der Waals surface area contributed by atoms with Gasteiger partial charge < -0.3 is 9.64 Å². The number of hydrogen-bond acceptors (Lipinski definition) is 2. The van der Waals surface area contributed by atoms with Crippen LogP contribution in [-0.4, -0.2) is 36.4 Å². The molecule has 0 N–H and O–H groups in total. The highest BCUT2D eigenvalue weighted by molar-refractivity contribution is 6.18. The van der Waals surface area contributed by atoms with E-state index < -0.39 is 0 Å². The van der Waals surface area contributed by atoms with E-state index >= 15 is 0 Å². The molecular formula is C16H22ClNO2. The molecule has 0 bridgehead atoms. The number of ether oxygens (including phenoxy) is 1. The van der Waals surface area contributed by atoms with Crippen LogP contribution in [-0.2, 0) is 11.2 Å².